The van der Waals surface area contributed by atoms with Crippen LogP contribution in [-0.4, -0.2) is 32.0 Å². The minimum Gasteiger partial charge on any atom is -0.493 e. The lowest BCUT2D eigenvalue weighted by molar-refractivity contribution is 0.00115. The van der Waals surface area contributed by atoms with Crippen LogP contribution in [0, 0.1) is 5.41 Å². The third kappa shape index (κ3) is 3.86. The molecule has 2 atom stereocenters. The van der Waals surface area contributed by atoms with Gasteiger partial charge >= 0.3 is 0 Å². The Morgan fingerprint density at radius 1 is 1.32 bits per heavy atom. The lowest BCUT2D eigenvalue weighted by atomic mass is 9.73. The smallest absolute Gasteiger partial charge is 0.179 e. The van der Waals surface area contributed by atoms with Crippen molar-refractivity contribution in [2.75, 3.05) is 20.8 Å². The average molecular weight is 328 g/mol. The van der Waals surface area contributed by atoms with Crippen LogP contribution in [0.5, 0.6) is 11.5 Å². The summed E-state index contributed by atoms with van der Waals surface area (Å²) >= 11 is 6.22. The molecule has 0 bridgehead atoms. The van der Waals surface area contributed by atoms with Crippen molar-refractivity contribution in [1.82, 2.24) is 5.32 Å². The standard InChI is InChI=1S/C17H26ClNO3/c1-17(7-5-4-6-15(17)20)11-19-10-12-8-13(18)16(22-3)14(9-12)21-2/h8-9,15,19-20H,4-7,10-11H2,1-3H3. The number of aliphatic hydroxyl groups excluding tert-OH is 1. The Balaban J connectivity index is 1.98. The zero-order valence-corrected chi connectivity index (χ0v) is 14.4. The maximum atomic E-state index is 10.2. The molecule has 2 unspecified atom stereocenters. The molecule has 1 aromatic carbocycles. The van der Waals surface area contributed by atoms with E-state index in [9.17, 15) is 5.11 Å². The van der Waals surface area contributed by atoms with Crippen molar-refractivity contribution in [3.63, 3.8) is 0 Å². The molecular weight excluding hydrogens is 302 g/mol. The molecule has 0 spiro atoms. The molecule has 1 saturated carbocycles. The van der Waals surface area contributed by atoms with Crippen LogP contribution in [0.1, 0.15) is 38.2 Å². The number of ether oxygens (including phenoxy) is 2. The van der Waals surface area contributed by atoms with Gasteiger partial charge in [-0.25, -0.2) is 0 Å². The second-order valence-electron chi connectivity index (χ2n) is 6.33. The summed E-state index contributed by atoms with van der Waals surface area (Å²) < 4.78 is 10.6. The van der Waals surface area contributed by atoms with Gasteiger partial charge in [0.25, 0.3) is 0 Å². The Morgan fingerprint density at radius 2 is 2.09 bits per heavy atom. The molecule has 1 aliphatic carbocycles. The molecule has 0 heterocycles. The Morgan fingerprint density at radius 3 is 2.73 bits per heavy atom. The molecule has 4 nitrogen and oxygen atoms in total. The topological polar surface area (TPSA) is 50.7 Å². The van der Waals surface area contributed by atoms with Crippen LogP contribution >= 0.6 is 11.6 Å². The van der Waals surface area contributed by atoms with Gasteiger partial charge in [0.1, 0.15) is 0 Å². The molecule has 5 heteroatoms. The molecule has 0 aliphatic heterocycles. The summed E-state index contributed by atoms with van der Waals surface area (Å²) in [5, 5.41) is 14.2. The van der Waals surface area contributed by atoms with E-state index in [0.29, 0.717) is 23.1 Å². The van der Waals surface area contributed by atoms with Crippen LogP contribution in [0.2, 0.25) is 5.02 Å². The number of halogens is 1. The van der Waals surface area contributed by atoms with E-state index in [-0.39, 0.29) is 11.5 Å². The van der Waals surface area contributed by atoms with Gasteiger partial charge in [0.05, 0.1) is 25.3 Å². The molecule has 1 aliphatic rings. The Hall–Kier alpha value is -0.970. The molecule has 2 N–H and O–H groups in total. The third-order valence-electron chi connectivity index (χ3n) is 4.63. The van der Waals surface area contributed by atoms with Crippen molar-refractivity contribution in [2.45, 2.75) is 45.3 Å². The molecule has 2 rings (SSSR count). The second-order valence-corrected chi connectivity index (χ2v) is 6.74. The highest BCUT2D eigenvalue weighted by atomic mass is 35.5. The van der Waals surface area contributed by atoms with Gasteiger partial charge < -0.3 is 19.9 Å². The van der Waals surface area contributed by atoms with Crippen molar-refractivity contribution >= 4 is 11.6 Å². The van der Waals surface area contributed by atoms with Crippen LogP contribution in [0.15, 0.2) is 12.1 Å². The number of nitrogens with one attached hydrogen (secondary N) is 1. The Labute approximate surface area is 137 Å². The first-order valence-electron chi connectivity index (χ1n) is 7.79. The highest BCUT2D eigenvalue weighted by Crippen LogP contribution is 2.37. The lowest BCUT2D eigenvalue weighted by Gasteiger charge is -2.38. The van der Waals surface area contributed by atoms with Crippen LogP contribution in [0.25, 0.3) is 0 Å². The minimum absolute atomic E-state index is 0.0431. The first-order valence-corrected chi connectivity index (χ1v) is 8.17. The Bertz CT molecular complexity index is 509. The number of benzene rings is 1. The van der Waals surface area contributed by atoms with E-state index in [4.69, 9.17) is 21.1 Å². The molecule has 124 valence electrons. The number of hydrogen-bond acceptors (Lipinski definition) is 4. The van der Waals surface area contributed by atoms with Gasteiger partial charge in [0.2, 0.25) is 0 Å². The lowest BCUT2D eigenvalue weighted by Crippen LogP contribution is -2.43. The first-order chi connectivity index (χ1) is 10.5. The van der Waals surface area contributed by atoms with Gasteiger partial charge in [-0.05, 0) is 30.5 Å². The van der Waals surface area contributed by atoms with Crippen molar-refractivity contribution in [2.24, 2.45) is 5.41 Å². The maximum Gasteiger partial charge on any atom is 0.179 e. The molecular formula is C17H26ClNO3. The van der Waals surface area contributed by atoms with Crippen molar-refractivity contribution in [3.8, 4) is 11.5 Å². The van der Waals surface area contributed by atoms with Crippen molar-refractivity contribution in [1.29, 1.82) is 0 Å². The predicted octanol–water partition coefficient (Wildman–Crippen LogP) is 3.39. The highest BCUT2D eigenvalue weighted by Gasteiger charge is 2.34. The third-order valence-corrected chi connectivity index (χ3v) is 4.91. The SMILES string of the molecule is COc1cc(CNCC2(C)CCCCC2O)cc(Cl)c1OC. The van der Waals surface area contributed by atoms with Crippen LogP contribution in [0.3, 0.4) is 0 Å². The maximum absolute atomic E-state index is 10.2. The Kier molecular flexibility index (Phi) is 5.95. The first kappa shape index (κ1) is 17.4. The number of rotatable bonds is 6. The average Bonchev–Trinajstić information content (AvgIpc) is 2.50. The van der Waals surface area contributed by atoms with Crippen LogP contribution in [0.4, 0.5) is 0 Å². The summed E-state index contributed by atoms with van der Waals surface area (Å²) in [7, 11) is 3.18. The monoisotopic (exact) mass is 327 g/mol. The van der Waals surface area contributed by atoms with Gasteiger partial charge in [-0.3, -0.25) is 0 Å². The molecule has 0 aromatic heterocycles. The quantitative estimate of drug-likeness (QED) is 0.841. The normalized spacial score (nSPS) is 25.0. The second kappa shape index (κ2) is 7.53. The molecule has 0 saturated heterocycles. The summed E-state index contributed by atoms with van der Waals surface area (Å²) in [6.45, 7) is 3.63. The van der Waals surface area contributed by atoms with E-state index >= 15 is 0 Å². The van der Waals surface area contributed by atoms with E-state index in [1.807, 2.05) is 12.1 Å². The van der Waals surface area contributed by atoms with E-state index in [1.165, 1.54) is 6.42 Å². The summed E-state index contributed by atoms with van der Waals surface area (Å²) in [6.07, 6.45) is 4.07. The summed E-state index contributed by atoms with van der Waals surface area (Å²) in [6, 6.07) is 3.81. The van der Waals surface area contributed by atoms with Gasteiger partial charge in [-0.2, -0.15) is 0 Å². The number of hydrogen-bond donors (Lipinski definition) is 2. The largest absolute Gasteiger partial charge is 0.493 e. The molecule has 22 heavy (non-hydrogen) atoms. The van der Waals surface area contributed by atoms with Crippen LogP contribution < -0.4 is 14.8 Å². The molecule has 0 amide bonds. The van der Waals surface area contributed by atoms with Crippen LogP contribution in [-0.2, 0) is 6.54 Å². The van der Waals surface area contributed by atoms with E-state index in [1.54, 1.807) is 14.2 Å². The zero-order valence-electron chi connectivity index (χ0n) is 13.6. The highest BCUT2D eigenvalue weighted by molar-refractivity contribution is 6.32. The van der Waals surface area contributed by atoms with Gasteiger partial charge in [-0.1, -0.05) is 31.4 Å². The van der Waals surface area contributed by atoms with Gasteiger partial charge in [-0.15, -0.1) is 0 Å². The fourth-order valence-electron chi connectivity index (χ4n) is 3.15. The van der Waals surface area contributed by atoms with Gasteiger partial charge in [0, 0.05) is 18.5 Å². The van der Waals surface area contributed by atoms with Crippen molar-refractivity contribution < 1.29 is 14.6 Å². The molecule has 1 aromatic rings. The minimum atomic E-state index is -0.220. The summed E-state index contributed by atoms with van der Waals surface area (Å²) in [5.41, 5.74) is 0.995. The molecule has 0 radical (unpaired) electrons. The van der Waals surface area contributed by atoms with E-state index in [2.05, 4.69) is 12.2 Å². The van der Waals surface area contributed by atoms with E-state index < -0.39 is 0 Å². The van der Waals surface area contributed by atoms with E-state index in [0.717, 1.165) is 31.4 Å². The predicted molar refractivity (Wildman–Crippen MR) is 88.8 cm³/mol. The number of methoxy groups -OCH3 is 2. The van der Waals surface area contributed by atoms with Crippen molar-refractivity contribution in [3.05, 3.63) is 22.7 Å². The fraction of sp³-hybridized carbons (Fsp3) is 0.647. The molecule has 1 fully saturated rings. The summed E-state index contributed by atoms with van der Waals surface area (Å²) in [5.74, 6) is 1.19. The number of aliphatic hydroxyl groups is 1. The van der Waals surface area contributed by atoms with Gasteiger partial charge in [0.15, 0.2) is 11.5 Å². The fourth-order valence-corrected chi connectivity index (χ4v) is 3.46. The zero-order chi connectivity index (χ0) is 16.2. The summed E-state index contributed by atoms with van der Waals surface area (Å²) in [4.78, 5) is 0.